The Bertz CT molecular complexity index is 591. The molecule has 0 aromatic heterocycles. The molecule has 152 valence electrons. The molecule has 1 aromatic carbocycles. The van der Waals surface area contributed by atoms with Gasteiger partial charge in [-0.15, -0.1) is 12.4 Å². The zero-order valence-electron chi connectivity index (χ0n) is 16.7. The van der Waals surface area contributed by atoms with E-state index in [1.807, 2.05) is 61.0 Å². The molecule has 1 aliphatic heterocycles. The Kier molecular flexibility index (Phi) is 9.06. The molecule has 0 unspecified atom stereocenters. The highest BCUT2D eigenvalue weighted by Crippen LogP contribution is 2.28. The Morgan fingerprint density at radius 2 is 1.56 bits per heavy atom. The molecule has 0 radical (unpaired) electrons. The maximum Gasteiger partial charge on any atom is 0.320 e. The lowest BCUT2D eigenvalue weighted by Gasteiger charge is -2.41. The summed E-state index contributed by atoms with van der Waals surface area (Å²) in [5.74, 6) is 0.134. The Morgan fingerprint density at radius 1 is 1.04 bits per heavy atom. The second-order valence-electron chi connectivity index (χ2n) is 7.10. The van der Waals surface area contributed by atoms with Crippen LogP contribution in [0, 0.1) is 5.41 Å². The molecule has 6 nitrogen and oxygen atoms in total. The molecule has 27 heavy (non-hydrogen) atoms. The van der Waals surface area contributed by atoms with Crippen molar-refractivity contribution in [2.75, 3.05) is 39.8 Å². The zero-order chi connectivity index (χ0) is 19.2. The molecule has 2 N–H and O–H groups in total. The van der Waals surface area contributed by atoms with E-state index >= 15 is 0 Å². The van der Waals surface area contributed by atoms with Gasteiger partial charge in [0.15, 0.2) is 0 Å². The van der Waals surface area contributed by atoms with E-state index in [0.717, 1.165) is 18.4 Å². The third kappa shape index (κ3) is 5.36. The molecule has 3 amide bonds. The van der Waals surface area contributed by atoms with E-state index in [9.17, 15) is 9.59 Å². The van der Waals surface area contributed by atoms with Gasteiger partial charge in [-0.25, -0.2) is 4.79 Å². The quantitative estimate of drug-likeness (QED) is 0.803. The normalized spacial score (nSPS) is 14.5. The molecule has 2 rings (SSSR count). The number of piperazine rings is 1. The largest absolute Gasteiger partial charge is 0.339 e. The average molecular weight is 397 g/mol. The molecular weight excluding hydrogens is 364 g/mol. The first-order valence-electron chi connectivity index (χ1n) is 9.50. The van der Waals surface area contributed by atoms with Gasteiger partial charge in [-0.2, -0.15) is 0 Å². The molecule has 1 heterocycles. The monoisotopic (exact) mass is 396 g/mol. The molecule has 0 aliphatic carbocycles. The molecule has 1 aliphatic rings. The lowest BCUT2D eigenvalue weighted by atomic mass is 9.81. The number of nitrogens with zero attached hydrogens (tertiary/aromatic N) is 3. The van der Waals surface area contributed by atoms with Crippen LogP contribution in [0.3, 0.4) is 0 Å². The van der Waals surface area contributed by atoms with Crippen LogP contribution in [0.4, 0.5) is 4.79 Å². The van der Waals surface area contributed by atoms with Crippen LogP contribution < -0.4 is 5.73 Å². The number of hydrogen-bond donors (Lipinski definition) is 1. The van der Waals surface area contributed by atoms with E-state index in [1.54, 1.807) is 4.90 Å². The van der Waals surface area contributed by atoms with Crippen molar-refractivity contribution in [1.29, 1.82) is 0 Å². The topological polar surface area (TPSA) is 69.9 Å². The fraction of sp³-hybridized carbons (Fsp3) is 0.600. The second kappa shape index (κ2) is 10.5. The minimum Gasteiger partial charge on any atom is -0.339 e. The van der Waals surface area contributed by atoms with Gasteiger partial charge >= 0.3 is 6.03 Å². The second-order valence-corrected chi connectivity index (χ2v) is 7.10. The van der Waals surface area contributed by atoms with Gasteiger partial charge in [-0.1, -0.05) is 44.2 Å². The fourth-order valence-corrected chi connectivity index (χ4v) is 3.53. The number of halogens is 1. The molecule has 0 atom stereocenters. The summed E-state index contributed by atoms with van der Waals surface area (Å²) < 4.78 is 0. The van der Waals surface area contributed by atoms with Crippen molar-refractivity contribution < 1.29 is 9.59 Å². The van der Waals surface area contributed by atoms with Crippen LogP contribution >= 0.6 is 12.4 Å². The molecular formula is C20H33ClN4O2. The highest BCUT2D eigenvalue weighted by Gasteiger charge is 2.38. The summed E-state index contributed by atoms with van der Waals surface area (Å²) in [6, 6.07) is 9.96. The molecule has 7 heteroatoms. The predicted octanol–water partition coefficient (Wildman–Crippen LogP) is 2.57. The van der Waals surface area contributed by atoms with Gasteiger partial charge in [0.1, 0.15) is 0 Å². The molecule has 1 saturated heterocycles. The lowest BCUT2D eigenvalue weighted by Crippen LogP contribution is -2.57. The first-order valence-corrected chi connectivity index (χ1v) is 9.50. The third-order valence-electron chi connectivity index (χ3n) is 5.62. The smallest absolute Gasteiger partial charge is 0.320 e. The Labute approximate surface area is 169 Å². The summed E-state index contributed by atoms with van der Waals surface area (Å²) in [6.07, 6.45) is 1.50. The van der Waals surface area contributed by atoms with Crippen LogP contribution in [0.15, 0.2) is 30.3 Å². The van der Waals surface area contributed by atoms with Crippen molar-refractivity contribution in [2.24, 2.45) is 11.1 Å². The van der Waals surface area contributed by atoms with Gasteiger partial charge in [-0.3, -0.25) is 4.79 Å². The van der Waals surface area contributed by atoms with Crippen LogP contribution in [0.5, 0.6) is 0 Å². The summed E-state index contributed by atoms with van der Waals surface area (Å²) in [5.41, 5.74) is 6.55. The summed E-state index contributed by atoms with van der Waals surface area (Å²) >= 11 is 0. The van der Waals surface area contributed by atoms with Crippen molar-refractivity contribution in [1.82, 2.24) is 14.7 Å². The molecule has 1 aromatic rings. The number of carbonyl (C=O) groups is 2. The van der Waals surface area contributed by atoms with Crippen molar-refractivity contribution in [3.05, 3.63) is 35.9 Å². The number of hydrogen-bond acceptors (Lipinski definition) is 3. The van der Waals surface area contributed by atoms with Crippen LogP contribution in [-0.4, -0.2) is 66.4 Å². The van der Waals surface area contributed by atoms with Crippen molar-refractivity contribution in [3.8, 4) is 0 Å². The molecule has 0 spiro atoms. The fourth-order valence-electron chi connectivity index (χ4n) is 3.53. The standard InChI is InChI=1S/C20H32N4O2.ClH/c1-4-20(5-2,16-21)18(25)23-11-13-24(14-12-23)19(26)22(3)15-17-9-7-6-8-10-17;/h6-10H,4-5,11-16,21H2,1-3H3;1H. The Hall–Kier alpha value is -1.79. The summed E-state index contributed by atoms with van der Waals surface area (Å²) in [5, 5.41) is 0. The summed E-state index contributed by atoms with van der Waals surface area (Å²) in [7, 11) is 1.82. The summed E-state index contributed by atoms with van der Waals surface area (Å²) in [4.78, 5) is 31.0. The molecule has 0 saturated carbocycles. The Balaban J connectivity index is 0.00000364. The van der Waals surface area contributed by atoms with Crippen molar-refractivity contribution in [2.45, 2.75) is 33.2 Å². The summed E-state index contributed by atoms with van der Waals surface area (Å²) in [6.45, 7) is 7.28. The number of rotatable bonds is 6. The highest BCUT2D eigenvalue weighted by atomic mass is 35.5. The van der Waals surface area contributed by atoms with Gasteiger partial charge in [0.25, 0.3) is 0 Å². The predicted molar refractivity (Wildman–Crippen MR) is 111 cm³/mol. The number of nitrogens with two attached hydrogens (primary N) is 1. The van der Waals surface area contributed by atoms with Gasteiger partial charge in [0.05, 0.1) is 5.41 Å². The molecule has 0 bridgehead atoms. The third-order valence-corrected chi connectivity index (χ3v) is 5.62. The number of urea groups is 1. The SMILES string of the molecule is CCC(CC)(CN)C(=O)N1CCN(C(=O)N(C)Cc2ccccc2)CC1.Cl. The van der Waals surface area contributed by atoms with E-state index in [1.165, 1.54) is 0 Å². The minimum atomic E-state index is -0.462. The maximum atomic E-state index is 12.9. The van der Waals surface area contributed by atoms with Gasteiger partial charge in [-0.05, 0) is 18.4 Å². The van der Waals surface area contributed by atoms with E-state index < -0.39 is 5.41 Å². The first kappa shape index (κ1) is 23.2. The van der Waals surface area contributed by atoms with Crippen molar-refractivity contribution in [3.63, 3.8) is 0 Å². The zero-order valence-corrected chi connectivity index (χ0v) is 17.5. The van der Waals surface area contributed by atoms with E-state index in [2.05, 4.69) is 0 Å². The van der Waals surface area contributed by atoms with Gasteiger partial charge in [0.2, 0.25) is 5.91 Å². The van der Waals surface area contributed by atoms with E-state index in [4.69, 9.17) is 5.73 Å². The van der Waals surface area contributed by atoms with Crippen LogP contribution in [0.2, 0.25) is 0 Å². The van der Waals surface area contributed by atoms with Crippen LogP contribution in [-0.2, 0) is 11.3 Å². The lowest BCUT2D eigenvalue weighted by molar-refractivity contribution is -0.143. The van der Waals surface area contributed by atoms with Gasteiger partial charge < -0.3 is 20.4 Å². The minimum absolute atomic E-state index is 0. The van der Waals surface area contributed by atoms with Gasteiger partial charge in [0, 0.05) is 46.3 Å². The first-order chi connectivity index (χ1) is 12.5. The van der Waals surface area contributed by atoms with E-state index in [0.29, 0.717) is 39.3 Å². The Morgan fingerprint density at radius 3 is 2.04 bits per heavy atom. The van der Waals surface area contributed by atoms with Crippen LogP contribution in [0.25, 0.3) is 0 Å². The number of benzene rings is 1. The van der Waals surface area contributed by atoms with Crippen molar-refractivity contribution >= 4 is 24.3 Å². The number of carbonyl (C=O) groups excluding carboxylic acids is 2. The average Bonchev–Trinajstić information content (AvgIpc) is 2.70. The number of amides is 3. The van der Waals surface area contributed by atoms with Crippen LogP contribution in [0.1, 0.15) is 32.3 Å². The highest BCUT2D eigenvalue weighted by molar-refractivity contribution is 5.85. The van der Waals surface area contributed by atoms with E-state index in [-0.39, 0.29) is 24.3 Å². The maximum absolute atomic E-state index is 12.9. The molecule has 1 fully saturated rings.